The van der Waals surface area contributed by atoms with Crippen molar-refractivity contribution in [2.75, 3.05) is 6.61 Å². The van der Waals surface area contributed by atoms with E-state index in [2.05, 4.69) is 16.5 Å². The molecule has 5 heteroatoms. The average Bonchev–Trinajstić information content (AvgIpc) is 2.98. The van der Waals surface area contributed by atoms with E-state index >= 15 is 0 Å². The van der Waals surface area contributed by atoms with E-state index < -0.39 is 0 Å². The highest BCUT2D eigenvalue weighted by Crippen LogP contribution is 2.23. The molecule has 0 unspecified atom stereocenters. The van der Waals surface area contributed by atoms with Gasteiger partial charge in [0.25, 0.3) is 5.91 Å². The molecule has 0 atom stereocenters. The van der Waals surface area contributed by atoms with Crippen molar-refractivity contribution in [2.45, 2.75) is 26.8 Å². The Morgan fingerprint density at radius 2 is 2.00 bits per heavy atom. The van der Waals surface area contributed by atoms with Gasteiger partial charge in [0.05, 0.1) is 16.8 Å². The lowest BCUT2D eigenvalue weighted by atomic mass is 10.2. The molecule has 0 aliphatic rings. The molecule has 0 spiro atoms. The first-order valence-corrected chi connectivity index (χ1v) is 9.61. The fourth-order valence-corrected chi connectivity index (χ4v) is 3.79. The van der Waals surface area contributed by atoms with E-state index in [0.29, 0.717) is 6.61 Å². The summed E-state index contributed by atoms with van der Waals surface area (Å²) in [4.78, 5) is 17.3. The fourth-order valence-electron chi connectivity index (χ4n) is 2.70. The SMILES string of the molecule is CCCn1c(=NC(=O)/C=C/c2ccccc2)sc2cc(OCC)ccc21. The lowest BCUT2D eigenvalue weighted by molar-refractivity contribution is -0.113. The summed E-state index contributed by atoms with van der Waals surface area (Å²) < 4.78 is 8.75. The number of carbonyl (C=O) groups excluding carboxylic acids is 1. The van der Waals surface area contributed by atoms with E-state index in [1.807, 2.05) is 55.5 Å². The molecule has 0 aliphatic carbocycles. The smallest absolute Gasteiger partial charge is 0.272 e. The zero-order valence-electron chi connectivity index (χ0n) is 15.0. The van der Waals surface area contributed by atoms with Gasteiger partial charge in [-0.15, -0.1) is 0 Å². The summed E-state index contributed by atoms with van der Waals surface area (Å²) in [5, 5.41) is 0. The molecule has 0 aliphatic heterocycles. The highest BCUT2D eigenvalue weighted by Gasteiger charge is 2.08. The number of thiazole rings is 1. The topological polar surface area (TPSA) is 43.6 Å². The van der Waals surface area contributed by atoms with Crippen LogP contribution in [0, 0.1) is 0 Å². The van der Waals surface area contributed by atoms with Crippen LogP contribution in [0.4, 0.5) is 0 Å². The number of rotatable bonds is 6. The second-order valence-electron chi connectivity index (χ2n) is 5.79. The Morgan fingerprint density at radius 1 is 1.19 bits per heavy atom. The third kappa shape index (κ3) is 4.29. The largest absolute Gasteiger partial charge is 0.494 e. The molecular formula is C21H22N2O2S. The Balaban J connectivity index is 1.96. The van der Waals surface area contributed by atoms with Crippen LogP contribution in [0.25, 0.3) is 16.3 Å². The van der Waals surface area contributed by atoms with Crippen LogP contribution in [0.5, 0.6) is 5.75 Å². The molecule has 0 bridgehead atoms. The van der Waals surface area contributed by atoms with E-state index in [1.54, 1.807) is 6.08 Å². The Hall–Kier alpha value is -2.66. The third-order valence-electron chi connectivity index (χ3n) is 3.84. The third-order valence-corrected chi connectivity index (χ3v) is 4.88. The fraction of sp³-hybridized carbons (Fsp3) is 0.238. The normalized spacial score (nSPS) is 12.2. The first kappa shape index (κ1) is 18.1. The summed E-state index contributed by atoms with van der Waals surface area (Å²) in [5.74, 6) is 0.585. The molecule has 26 heavy (non-hydrogen) atoms. The van der Waals surface area contributed by atoms with Crippen LogP contribution >= 0.6 is 11.3 Å². The maximum absolute atomic E-state index is 12.3. The summed E-state index contributed by atoms with van der Waals surface area (Å²) >= 11 is 1.52. The lowest BCUT2D eigenvalue weighted by Gasteiger charge is -2.04. The second-order valence-corrected chi connectivity index (χ2v) is 6.80. The van der Waals surface area contributed by atoms with Crippen LogP contribution in [-0.4, -0.2) is 17.1 Å². The van der Waals surface area contributed by atoms with E-state index in [4.69, 9.17) is 4.74 Å². The molecule has 0 saturated carbocycles. The van der Waals surface area contributed by atoms with Gasteiger partial charge in [0.1, 0.15) is 5.75 Å². The van der Waals surface area contributed by atoms with Gasteiger partial charge in [-0.2, -0.15) is 4.99 Å². The number of aryl methyl sites for hydroxylation is 1. The summed E-state index contributed by atoms with van der Waals surface area (Å²) in [6.07, 6.45) is 4.28. The molecule has 0 radical (unpaired) electrons. The summed E-state index contributed by atoms with van der Waals surface area (Å²) in [7, 11) is 0. The Kier molecular flexibility index (Phi) is 6.02. The van der Waals surface area contributed by atoms with E-state index in [9.17, 15) is 4.79 Å². The van der Waals surface area contributed by atoms with Crippen molar-refractivity contribution < 1.29 is 9.53 Å². The predicted molar refractivity (Wildman–Crippen MR) is 107 cm³/mol. The van der Waals surface area contributed by atoms with Gasteiger partial charge in [0, 0.05) is 12.6 Å². The van der Waals surface area contributed by atoms with Crippen LogP contribution in [0.1, 0.15) is 25.8 Å². The van der Waals surface area contributed by atoms with Gasteiger partial charge in [-0.3, -0.25) is 4.79 Å². The highest BCUT2D eigenvalue weighted by molar-refractivity contribution is 7.16. The number of benzene rings is 2. The molecule has 0 N–H and O–H groups in total. The number of hydrogen-bond donors (Lipinski definition) is 0. The molecule has 2 aromatic carbocycles. The molecular weight excluding hydrogens is 344 g/mol. The second kappa shape index (κ2) is 8.63. The van der Waals surface area contributed by atoms with E-state index in [1.165, 1.54) is 17.4 Å². The van der Waals surface area contributed by atoms with Crippen molar-refractivity contribution in [3.8, 4) is 5.75 Å². The minimum atomic E-state index is -0.254. The number of aromatic nitrogens is 1. The molecule has 1 amide bonds. The van der Waals surface area contributed by atoms with Gasteiger partial charge in [0.15, 0.2) is 4.80 Å². The molecule has 0 saturated heterocycles. The molecule has 3 aromatic rings. The summed E-state index contributed by atoms with van der Waals surface area (Å²) in [5.41, 5.74) is 2.06. The number of nitrogens with zero attached hydrogens (tertiary/aromatic N) is 2. The van der Waals surface area contributed by atoms with Gasteiger partial charge >= 0.3 is 0 Å². The van der Waals surface area contributed by atoms with Gasteiger partial charge < -0.3 is 9.30 Å². The van der Waals surface area contributed by atoms with Crippen molar-refractivity contribution in [1.82, 2.24) is 4.57 Å². The minimum Gasteiger partial charge on any atom is -0.494 e. The maximum atomic E-state index is 12.3. The van der Waals surface area contributed by atoms with Gasteiger partial charge in [0.2, 0.25) is 0 Å². The number of amides is 1. The Labute approximate surface area is 157 Å². The molecule has 134 valence electrons. The van der Waals surface area contributed by atoms with Crippen molar-refractivity contribution in [3.63, 3.8) is 0 Å². The molecule has 3 rings (SSSR count). The molecule has 4 nitrogen and oxygen atoms in total. The summed E-state index contributed by atoms with van der Waals surface area (Å²) in [6, 6.07) is 15.8. The standard InChI is InChI=1S/C21H22N2O2S/c1-3-14-23-18-12-11-17(25-4-2)15-19(18)26-21(23)22-20(24)13-10-16-8-6-5-7-9-16/h5-13,15H,3-4,14H2,1-2H3/b13-10+,22-21?. The van der Waals surface area contributed by atoms with Crippen molar-refractivity contribution in [2.24, 2.45) is 4.99 Å². The van der Waals surface area contributed by atoms with Gasteiger partial charge in [-0.1, -0.05) is 48.6 Å². The van der Waals surface area contributed by atoms with E-state index in [0.717, 1.165) is 39.3 Å². The average molecular weight is 366 g/mol. The van der Waals surface area contributed by atoms with Crippen molar-refractivity contribution in [1.29, 1.82) is 0 Å². The van der Waals surface area contributed by atoms with E-state index in [-0.39, 0.29) is 5.91 Å². The number of carbonyl (C=O) groups is 1. The number of hydrogen-bond acceptors (Lipinski definition) is 3. The monoisotopic (exact) mass is 366 g/mol. The zero-order chi connectivity index (χ0) is 18.4. The highest BCUT2D eigenvalue weighted by atomic mass is 32.1. The first-order valence-electron chi connectivity index (χ1n) is 8.79. The quantitative estimate of drug-likeness (QED) is 0.596. The van der Waals surface area contributed by atoms with Gasteiger partial charge in [-0.05, 0) is 43.2 Å². The van der Waals surface area contributed by atoms with Crippen LogP contribution in [0.3, 0.4) is 0 Å². The van der Waals surface area contributed by atoms with Crippen LogP contribution in [0.15, 0.2) is 59.6 Å². The number of fused-ring (bicyclic) bond motifs is 1. The Bertz CT molecular complexity index is 984. The Morgan fingerprint density at radius 3 is 2.73 bits per heavy atom. The first-order chi connectivity index (χ1) is 12.7. The molecule has 1 heterocycles. The van der Waals surface area contributed by atoms with Crippen molar-refractivity contribution in [3.05, 3.63) is 65.0 Å². The zero-order valence-corrected chi connectivity index (χ0v) is 15.8. The molecule has 0 fully saturated rings. The summed E-state index contributed by atoms with van der Waals surface area (Å²) in [6.45, 7) is 5.54. The van der Waals surface area contributed by atoms with Crippen molar-refractivity contribution >= 4 is 33.5 Å². The maximum Gasteiger partial charge on any atom is 0.272 e. The van der Waals surface area contributed by atoms with Crippen LogP contribution in [0.2, 0.25) is 0 Å². The number of ether oxygens (including phenoxy) is 1. The lowest BCUT2D eigenvalue weighted by Crippen LogP contribution is -2.16. The van der Waals surface area contributed by atoms with Gasteiger partial charge in [-0.25, -0.2) is 0 Å². The van der Waals surface area contributed by atoms with Crippen LogP contribution < -0.4 is 9.54 Å². The van der Waals surface area contributed by atoms with Crippen LogP contribution in [-0.2, 0) is 11.3 Å². The minimum absolute atomic E-state index is 0.254. The predicted octanol–water partition coefficient (Wildman–Crippen LogP) is 4.65. The molecule has 1 aromatic heterocycles.